The number of ether oxygens (including phenoxy) is 2. The van der Waals surface area contributed by atoms with Crippen LogP contribution in [0.4, 0.5) is 0 Å². The smallest absolute Gasteiger partial charge is 0.182 e. The van der Waals surface area contributed by atoms with Gasteiger partial charge in [-0.2, -0.15) is 11.8 Å². The molecule has 3 saturated heterocycles. The minimum Gasteiger partial charge on any atom is -0.346 e. The van der Waals surface area contributed by atoms with Gasteiger partial charge in [-0.3, -0.25) is 4.79 Å². The number of carbonyl (C=O) groups excluding carboxylic acids is 1. The van der Waals surface area contributed by atoms with Crippen molar-refractivity contribution in [3.63, 3.8) is 0 Å². The molecule has 0 aliphatic carbocycles. The highest BCUT2D eigenvalue weighted by Gasteiger charge is 2.53. The molecule has 1 unspecified atom stereocenters. The molecule has 0 amide bonds. The summed E-state index contributed by atoms with van der Waals surface area (Å²) in [6.45, 7) is 1.37. The third kappa shape index (κ3) is 1.64. The van der Waals surface area contributed by atoms with Crippen LogP contribution in [0.2, 0.25) is 0 Å². The Morgan fingerprint density at radius 3 is 2.80 bits per heavy atom. The molecule has 84 valence electrons. The van der Waals surface area contributed by atoms with Crippen LogP contribution in [0.15, 0.2) is 0 Å². The third-order valence-electron chi connectivity index (χ3n) is 3.20. The summed E-state index contributed by atoms with van der Waals surface area (Å²) < 4.78 is 11.6. The second-order valence-corrected chi connectivity index (χ2v) is 6.56. The molecule has 2 atom stereocenters. The Bertz CT molecular complexity index is 276. The fourth-order valence-electron chi connectivity index (χ4n) is 2.47. The molecule has 3 aliphatic rings. The van der Waals surface area contributed by atoms with Crippen molar-refractivity contribution in [2.24, 2.45) is 0 Å². The molecule has 1 spiro atoms. The highest BCUT2D eigenvalue weighted by molar-refractivity contribution is 8.04. The lowest BCUT2D eigenvalue weighted by atomic mass is 10.0. The van der Waals surface area contributed by atoms with Crippen molar-refractivity contribution in [2.75, 3.05) is 24.7 Å². The number of Topliss-reactive ketones (excluding diaryl/α,β-unsaturated/α-hetero) is 1. The predicted octanol–water partition coefficient (Wildman–Crippen LogP) is 1.31. The van der Waals surface area contributed by atoms with E-state index in [2.05, 4.69) is 0 Å². The molecule has 3 rings (SSSR count). The van der Waals surface area contributed by atoms with Gasteiger partial charge in [-0.1, -0.05) is 0 Å². The van der Waals surface area contributed by atoms with Crippen LogP contribution in [-0.2, 0) is 14.3 Å². The van der Waals surface area contributed by atoms with Crippen LogP contribution in [0.3, 0.4) is 0 Å². The number of hydrogen-bond acceptors (Lipinski definition) is 5. The van der Waals surface area contributed by atoms with E-state index in [0.29, 0.717) is 19.0 Å². The summed E-state index contributed by atoms with van der Waals surface area (Å²) in [5, 5.41) is 0.329. The standard InChI is InChI=1S/C10H14O3S2/c11-7-1-5-15-9-8(7)14-6-2-10(9)12-3-4-13-10/h8-9H,1-6H2/t8?,9-/m1/s1. The normalized spacial score (nSPS) is 39.3. The molecular weight excluding hydrogens is 232 g/mol. The van der Waals surface area contributed by atoms with E-state index in [-0.39, 0.29) is 10.5 Å². The Labute approximate surface area is 97.6 Å². The summed E-state index contributed by atoms with van der Waals surface area (Å²) in [7, 11) is 0. The molecule has 0 bridgehead atoms. The lowest BCUT2D eigenvalue weighted by molar-refractivity contribution is -0.162. The van der Waals surface area contributed by atoms with Gasteiger partial charge >= 0.3 is 0 Å². The van der Waals surface area contributed by atoms with E-state index >= 15 is 0 Å². The molecule has 3 heterocycles. The van der Waals surface area contributed by atoms with Gasteiger partial charge in [0.15, 0.2) is 5.79 Å². The Morgan fingerprint density at radius 1 is 1.20 bits per heavy atom. The van der Waals surface area contributed by atoms with E-state index in [1.54, 1.807) is 11.8 Å². The first-order valence-corrected chi connectivity index (χ1v) is 7.45. The van der Waals surface area contributed by atoms with Crippen molar-refractivity contribution in [1.82, 2.24) is 0 Å². The fraction of sp³-hybridized carbons (Fsp3) is 0.900. The molecular formula is C10H14O3S2. The predicted molar refractivity (Wildman–Crippen MR) is 61.4 cm³/mol. The number of carbonyl (C=O) groups is 1. The molecule has 0 aromatic heterocycles. The summed E-state index contributed by atoms with van der Waals surface area (Å²) in [6, 6.07) is 0. The number of thioether (sulfide) groups is 2. The average molecular weight is 246 g/mol. The SMILES string of the molecule is O=C1CCS[C@@H]2C1SCCC21OCCO1. The van der Waals surface area contributed by atoms with Crippen LogP contribution in [-0.4, -0.2) is 46.8 Å². The van der Waals surface area contributed by atoms with Gasteiger partial charge in [0.2, 0.25) is 0 Å². The van der Waals surface area contributed by atoms with E-state index < -0.39 is 5.79 Å². The van der Waals surface area contributed by atoms with E-state index in [0.717, 1.165) is 24.3 Å². The quantitative estimate of drug-likeness (QED) is 0.644. The van der Waals surface area contributed by atoms with Crippen molar-refractivity contribution in [3.05, 3.63) is 0 Å². The fourth-order valence-corrected chi connectivity index (χ4v) is 5.69. The van der Waals surface area contributed by atoms with E-state index in [1.165, 1.54) is 0 Å². The van der Waals surface area contributed by atoms with Crippen LogP contribution in [0, 0.1) is 0 Å². The summed E-state index contributed by atoms with van der Waals surface area (Å²) in [6.07, 6.45) is 1.65. The summed E-state index contributed by atoms with van der Waals surface area (Å²) in [5.41, 5.74) is 0. The van der Waals surface area contributed by atoms with Gasteiger partial charge in [0, 0.05) is 18.6 Å². The molecule has 5 heteroatoms. The first-order chi connectivity index (χ1) is 7.32. The lowest BCUT2D eigenvalue weighted by Crippen LogP contribution is -2.54. The summed E-state index contributed by atoms with van der Waals surface area (Å²) in [5.74, 6) is 1.86. The van der Waals surface area contributed by atoms with Gasteiger partial charge in [-0.25, -0.2) is 0 Å². The molecule has 3 fully saturated rings. The number of ketones is 1. The maximum absolute atomic E-state index is 11.8. The minimum atomic E-state index is -0.434. The topological polar surface area (TPSA) is 35.5 Å². The Hall–Kier alpha value is 0.290. The van der Waals surface area contributed by atoms with Crippen LogP contribution in [0.25, 0.3) is 0 Å². The lowest BCUT2D eigenvalue weighted by Gasteiger charge is -2.44. The Kier molecular flexibility index (Phi) is 2.75. The zero-order valence-electron chi connectivity index (χ0n) is 8.44. The summed E-state index contributed by atoms with van der Waals surface area (Å²) >= 11 is 3.64. The number of rotatable bonds is 0. The van der Waals surface area contributed by atoms with Crippen LogP contribution >= 0.6 is 23.5 Å². The van der Waals surface area contributed by atoms with Gasteiger partial charge in [-0.15, -0.1) is 11.8 Å². The molecule has 0 radical (unpaired) electrons. The largest absolute Gasteiger partial charge is 0.346 e. The number of hydrogen-bond donors (Lipinski definition) is 0. The molecule has 0 saturated carbocycles. The van der Waals surface area contributed by atoms with Crippen molar-refractivity contribution in [1.29, 1.82) is 0 Å². The van der Waals surface area contributed by atoms with Gasteiger partial charge < -0.3 is 9.47 Å². The highest BCUT2D eigenvalue weighted by Crippen LogP contribution is 2.47. The van der Waals surface area contributed by atoms with E-state index in [1.807, 2.05) is 11.8 Å². The van der Waals surface area contributed by atoms with Gasteiger partial charge in [0.1, 0.15) is 5.78 Å². The minimum absolute atomic E-state index is 0.107. The average Bonchev–Trinajstić information content (AvgIpc) is 2.70. The van der Waals surface area contributed by atoms with Crippen molar-refractivity contribution < 1.29 is 14.3 Å². The summed E-state index contributed by atoms with van der Waals surface area (Å²) in [4.78, 5) is 11.8. The molecule has 3 aliphatic heterocycles. The molecule has 15 heavy (non-hydrogen) atoms. The molecule has 0 aromatic carbocycles. The van der Waals surface area contributed by atoms with E-state index in [4.69, 9.17) is 9.47 Å². The van der Waals surface area contributed by atoms with E-state index in [9.17, 15) is 4.79 Å². The van der Waals surface area contributed by atoms with Gasteiger partial charge in [-0.05, 0) is 5.75 Å². The van der Waals surface area contributed by atoms with Gasteiger partial charge in [0.05, 0.1) is 23.7 Å². The first-order valence-electron chi connectivity index (χ1n) is 5.36. The van der Waals surface area contributed by atoms with Crippen molar-refractivity contribution in [3.8, 4) is 0 Å². The first kappa shape index (κ1) is 10.4. The van der Waals surface area contributed by atoms with Crippen LogP contribution in [0.1, 0.15) is 12.8 Å². The maximum Gasteiger partial charge on any atom is 0.182 e. The van der Waals surface area contributed by atoms with Crippen molar-refractivity contribution >= 4 is 29.3 Å². The monoisotopic (exact) mass is 246 g/mol. The second-order valence-electron chi connectivity index (χ2n) is 4.06. The van der Waals surface area contributed by atoms with Gasteiger partial charge in [0.25, 0.3) is 0 Å². The van der Waals surface area contributed by atoms with Crippen LogP contribution in [0.5, 0.6) is 0 Å². The maximum atomic E-state index is 11.8. The second kappa shape index (κ2) is 3.95. The zero-order chi connectivity index (χ0) is 10.3. The Morgan fingerprint density at radius 2 is 2.00 bits per heavy atom. The third-order valence-corrected chi connectivity index (χ3v) is 6.13. The molecule has 0 aromatic rings. The number of fused-ring (bicyclic) bond motifs is 2. The highest BCUT2D eigenvalue weighted by atomic mass is 32.2. The Balaban J connectivity index is 1.87. The molecule has 3 nitrogen and oxygen atoms in total. The zero-order valence-corrected chi connectivity index (χ0v) is 10.1. The van der Waals surface area contributed by atoms with Crippen molar-refractivity contribution in [2.45, 2.75) is 29.1 Å². The van der Waals surface area contributed by atoms with Crippen LogP contribution < -0.4 is 0 Å². The molecule has 0 N–H and O–H groups in total.